The van der Waals surface area contributed by atoms with Gasteiger partial charge in [0.15, 0.2) is 5.58 Å². The second-order valence-electron chi connectivity index (χ2n) is 12.9. The van der Waals surface area contributed by atoms with Crippen LogP contribution in [0.5, 0.6) is 0 Å². The monoisotopic (exact) mass is 652 g/mol. The minimum Gasteiger partial charge on any atom is -0.454 e. The molecule has 0 saturated carbocycles. The summed E-state index contributed by atoms with van der Waals surface area (Å²) < 4.78 is 9.20. The quantitative estimate of drug-likeness (QED) is 0.178. The van der Waals surface area contributed by atoms with Gasteiger partial charge in [-0.15, -0.1) is 0 Å². The predicted octanol–water partition coefficient (Wildman–Crippen LogP) is 13.5. The highest BCUT2D eigenvalue weighted by Crippen LogP contribution is 2.48. The molecule has 0 aliphatic rings. The van der Waals surface area contributed by atoms with E-state index >= 15 is 0 Å². The van der Waals surface area contributed by atoms with Crippen molar-refractivity contribution in [2.75, 3.05) is 4.90 Å². The Morgan fingerprint density at radius 2 is 0.980 bits per heavy atom. The van der Waals surface area contributed by atoms with Gasteiger partial charge in [0.2, 0.25) is 0 Å². The zero-order valence-electron chi connectivity index (χ0n) is 27.8. The molecule has 0 spiro atoms. The summed E-state index contributed by atoms with van der Waals surface area (Å²) in [6.45, 7) is 0. The third-order valence-corrected chi connectivity index (χ3v) is 9.99. The molecule has 0 saturated heterocycles. The van der Waals surface area contributed by atoms with Crippen molar-refractivity contribution in [1.82, 2.24) is 4.57 Å². The van der Waals surface area contributed by atoms with E-state index in [1.54, 1.807) is 0 Å². The SMILES string of the molecule is c1ccc(-c2ccc(N(c3ccccc3)c3c(-c4ccc5c(c4)c4ccccc4n5-c4ccccc4)ccc4c3oc3ccccc34)cc2)cc1. The van der Waals surface area contributed by atoms with Gasteiger partial charge in [0, 0.05) is 44.2 Å². The molecule has 0 aliphatic heterocycles. The van der Waals surface area contributed by atoms with E-state index in [1.807, 2.05) is 6.07 Å². The van der Waals surface area contributed by atoms with Crippen molar-refractivity contribution in [3.8, 4) is 27.9 Å². The van der Waals surface area contributed by atoms with Crippen molar-refractivity contribution in [2.45, 2.75) is 0 Å². The van der Waals surface area contributed by atoms with Crippen LogP contribution >= 0.6 is 0 Å². The number of benzene rings is 8. The van der Waals surface area contributed by atoms with Gasteiger partial charge in [-0.3, -0.25) is 0 Å². The molecular formula is C48H32N2O. The van der Waals surface area contributed by atoms with Crippen molar-refractivity contribution in [1.29, 1.82) is 0 Å². The van der Waals surface area contributed by atoms with Gasteiger partial charge >= 0.3 is 0 Å². The summed E-state index contributed by atoms with van der Waals surface area (Å²) in [4.78, 5) is 2.35. The van der Waals surface area contributed by atoms with Gasteiger partial charge in [-0.25, -0.2) is 0 Å². The fraction of sp³-hybridized carbons (Fsp3) is 0. The molecular weight excluding hydrogens is 621 g/mol. The molecule has 0 amide bonds. The molecule has 10 aromatic rings. The molecule has 51 heavy (non-hydrogen) atoms. The molecule has 8 aromatic carbocycles. The van der Waals surface area contributed by atoms with E-state index < -0.39 is 0 Å². The Morgan fingerprint density at radius 1 is 0.392 bits per heavy atom. The Morgan fingerprint density at radius 3 is 1.76 bits per heavy atom. The van der Waals surface area contributed by atoms with Gasteiger partial charge in [0.25, 0.3) is 0 Å². The largest absolute Gasteiger partial charge is 0.454 e. The van der Waals surface area contributed by atoms with E-state index in [4.69, 9.17) is 4.42 Å². The lowest BCUT2D eigenvalue weighted by Crippen LogP contribution is -2.11. The second kappa shape index (κ2) is 11.9. The molecule has 2 aromatic heterocycles. The molecule has 0 aliphatic carbocycles. The number of aromatic nitrogens is 1. The van der Waals surface area contributed by atoms with Crippen LogP contribution < -0.4 is 4.90 Å². The van der Waals surface area contributed by atoms with Crippen molar-refractivity contribution in [3.63, 3.8) is 0 Å². The summed E-state index contributed by atoms with van der Waals surface area (Å²) in [6.07, 6.45) is 0. The van der Waals surface area contributed by atoms with Crippen LogP contribution in [0.2, 0.25) is 0 Å². The van der Waals surface area contributed by atoms with Crippen molar-refractivity contribution < 1.29 is 4.42 Å². The van der Waals surface area contributed by atoms with Gasteiger partial charge < -0.3 is 13.9 Å². The van der Waals surface area contributed by atoms with Crippen LogP contribution in [0.3, 0.4) is 0 Å². The number of para-hydroxylation sites is 4. The summed E-state index contributed by atoms with van der Waals surface area (Å²) in [5.74, 6) is 0. The van der Waals surface area contributed by atoms with Crippen LogP contribution in [-0.4, -0.2) is 4.57 Å². The van der Waals surface area contributed by atoms with Crippen LogP contribution in [0.15, 0.2) is 199 Å². The zero-order chi connectivity index (χ0) is 33.7. The smallest absolute Gasteiger partial charge is 0.160 e. The number of rotatable bonds is 6. The van der Waals surface area contributed by atoms with E-state index in [2.05, 4.69) is 198 Å². The fourth-order valence-electron chi connectivity index (χ4n) is 7.64. The third kappa shape index (κ3) is 4.82. The molecule has 3 heteroatoms. The fourth-order valence-corrected chi connectivity index (χ4v) is 7.64. The number of hydrogen-bond donors (Lipinski definition) is 0. The van der Waals surface area contributed by atoms with Gasteiger partial charge in [0.1, 0.15) is 5.58 Å². The summed E-state index contributed by atoms with van der Waals surface area (Å²) in [5.41, 5.74) is 12.9. The first-order valence-corrected chi connectivity index (χ1v) is 17.4. The highest BCUT2D eigenvalue weighted by atomic mass is 16.3. The summed E-state index contributed by atoms with van der Waals surface area (Å²) >= 11 is 0. The molecule has 0 fully saturated rings. The van der Waals surface area contributed by atoms with Gasteiger partial charge in [-0.1, -0.05) is 127 Å². The maximum absolute atomic E-state index is 6.84. The van der Waals surface area contributed by atoms with Gasteiger partial charge in [0.05, 0.1) is 16.7 Å². The Labute approximate surface area is 295 Å². The van der Waals surface area contributed by atoms with Gasteiger partial charge in [-0.05, 0) is 83.4 Å². The molecule has 0 atom stereocenters. The van der Waals surface area contributed by atoms with E-state index in [-0.39, 0.29) is 0 Å². The third-order valence-electron chi connectivity index (χ3n) is 9.99. The first-order chi connectivity index (χ1) is 25.3. The minimum absolute atomic E-state index is 0.858. The molecule has 3 nitrogen and oxygen atoms in total. The van der Waals surface area contributed by atoms with Crippen LogP contribution in [0.1, 0.15) is 0 Å². The van der Waals surface area contributed by atoms with Crippen LogP contribution in [-0.2, 0) is 0 Å². The number of fused-ring (bicyclic) bond motifs is 6. The summed E-state index contributed by atoms with van der Waals surface area (Å²) in [6, 6.07) is 69.0. The Hall–Kier alpha value is -6.84. The average molecular weight is 653 g/mol. The predicted molar refractivity (Wildman–Crippen MR) is 214 cm³/mol. The second-order valence-corrected chi connectivity index (χ2v) is 12.9. The molecule has 0 unspecified atom stereocenters. The van der Waals surface area contributed by atoms with E-state index in [0.717, 1.165) is 55.8 Å². The van der Waals surface area contributed by atoms with Crippen LogP contribution in [0.25, 0.3) is 71.7 Å². The Balaban J connectivity index is 1.25. The van der Waals surface area contributed by atoms with E-state index in [0.29, 0.717) is 0 Å². The average Bonchev–Trinajstić information content (AvgIpc) is 3.75. The zero-order valence-corrected chi connectivity index (χ0v) is 27.8. The lowest BCUT2D eigenvalue weighted by molar-refractivity contribution is 0.669. The van der Waals surface area contributed by atoms with Gasteiger partial charge in [-0.2, -0.15) is 0 Å². The Bertz CT molecular complexity index is 2830. The molecule has 0 bridgehead atoms. The molecule has 10 rings (SSSR count). The first-order valence-electron chi connectivity index (χ1n) is 17.4. The van der Waals surface area contributed by atoms with E-state index in [1.165, 1.54) is 32.9 Å². The van der Waals surface area contributed by atoms with Crippen molar-refractivity contribution >= 4 is 60.8 Å². The number of furan rings is 1. The van der Waals surface area contributed by atoms with Crippen LogP contribution in [0, 0.1) is 0 Å². The van der Waals surface area contributed by atoms with Crippen molar-refractivity contribution in [3.05, 3.63) is 194 Å². The highest BCUT2D eigenvalue weighted by Gasteiger charge is 2.24. The van der Waals surface area contributed by atoms with Crippen LogP contribution in [0.4, 0.5) is 17.1 Å². The minimum atomic E-state index is 0.858. The summed E-state index contributed by atoms with van der Waals surface area (Å²) in [7, 11) is 0. The lowest BCUT2D eigenvalue weighted by atomic mass is 9.97. The number of anilines is 3. The number of nitrogens with zero attached hydrogens (tertiary/aromatic N) is 2. The van der Waals surface area contributed by atoms with Crippen molar-refractivity contribution in [2.24, 2.45) is 0 Å². The topological polar surface area (TPSA) is 21.3 Å². The highest BCUT2D eigenvalue weighted by molar-refractivity contribution is 6.15. The molecule has 0 N–H and O–H groups in total. The summed E-state index contributed by atoms with van der Waals surface area (Å²) in [5, 5.41) is 4.63. The molecule has 2 heterocycles. The lowest BCUT2D eigenvalue weighted by Gasteiger charge is -2.28. The number of hydrogen-bond acceptors (Lipinski definition) is 2. The molecule has 0 radical (unpaired) electrons. The maximum atomic E-state index is 6.84. The first kappa shape index (κ1) is 29.1. The normalized spacial score (nSPS) is 11.5. The molecule has 240 valence electrons. The Kier molecular flexibility index (Phi) is 6.81. The standard InChI is InChI=1S/C48H32N2O/c1-4-14-33(15-5-1)34-24-27-38(28-25-34)49(36-16-6-2-7-17-36)47-39(29-30-42-41-21-11-13-23-46(41)51-48(42)47)35-26-31-45-43(32-35)40-20-10-12-22-44(40)50(45)37-18-8-3-9-19-37/h1-32H. The van der Waals surface area contributed by atoms with E-state index in [9.17, 15) is 0 Å². The maximum Gasteiger partial charge on any atom is 0.160 e.